The average molecular weight is 286 g/mol. The van der Waals surface area contributed by atoms with Crippen molar-refractivity contribution in [3.05, 3.63) is 52.6 Å². The standard InChI is InChI=1S/C17H16ClNO/c1-10(2)3-4-11-7-13-14-8-12(18)5-6-15(14)19-16(13)9-17(11)20/h3,5-9,19-20H,4H2,1-2H3. The average Bonchev–Trinajstić information content (AvgIpc) is 2.72. The summed E-state index contributed by atoms with van der Waals surface area (Å²) in [6, 6.07) is 9.61. The Labute approximate surface area is 122 Å². The number of phenols is 1. The molecule has 20 heavy (non-hydrogen) atoms. The molecule has 0 bridgehead atoms. The van der Waals surface area contributed by atoms with Crippen LogP contribution in [0.2, 0.25) is 5.02 Å². The number of rotatable bonds is 2. The molecule has 0 saturated heterocycles. The van der Waals surface area contributed by atoms with Gasteiger partial charge in [-0.25, -0.2) is 0 Å². The third-order valence-electron chi connectivity index (χ3n) is 3.49. The fourth-order valence-electron chi connectivity index (χ4n) is 2.43. The molecule has 0 atom stereocenters. The molecule has 3 aromatic rings. The van der Waals surface area contributed by atoms with Gasteiger partial charge in [-0.05, 0) is 50.1 Å². The summed E-state index contributed by atoms with van der Waals surface area (Å²) in [5.74, 6) is 0.327. The van der Waals surface area contributed by atoms with Crippen molar-refractivity contribution in [2.24, 2.45) is 0 Å². The fraction of sp³-hybridized carbons (Fsp3) is 0.176. The number of H-pyrrole nitrogens is 1. The molecular weight excluding hydrogens is 270 g/mol. The van der Waals surface area contributed by atoms with Crippen LogP contribution in [0.25, 0.3) is 21.8 Å². The van der Waals surface area contributed by atoms with Gasteiger partial charge >= 0.3 is 0 Å². The van der Waals surface area contributed by atoms with Gasteiger partial charge in [-0.2, -0.15) is 0 Å². The summed E-state index contributed by atoms with van der Waals surface area (Å²) in [5.41, 5.74) is 4.13. The van der Waals surface area contributed by atoms with Crippen molar-refractivity contribution in [2.45, 2.75) is 20.3 Å². The van der Waals surface area contributed by atoms with Crippen LogP contribution < -0.4 is 0 Å². The Morgan fingerprint density at radius 3 is 2.65 bits per heavy atom. The van der Waals surface area contributed by atoms with E-state index in [9.17, 15) is 5.11 Å². The zero-order valence-corrected chi connectivity index (χ0v) is 12.3. The second-order valence-electron chi connectivity index (χ2n) is 5.33. The lowest BCUT2D eigenvalue weighted by atomic mass is 10.0. The number of hydrogen-bond acceptors (Lipinski definition) is 1. The Morgan fingerprint density at radius 2 is 1.90 bits per heavy atom. The summed E-state index contributed by atoms with van der Waals surface area (Å²) in [4.78, 5) is 3.30. The first-order valence-electron chi connectivity index (χ1n) is 6.61. The van der Waals surface area contributed by atoms with Gasteiger partial charge < -0.3 is 10.1 Å². The number of aromatic hydroxyl groups is 1. The highest BCUT2D eigenvalue weighted by Crippen LogP contribution is 2.32. The first-order chi connectivity index (χ1) is 9.54. The van der Waals surface area contributed by atoms with Crippen LogP contribution in [0.3, 0.4) is 0 Å². The van der Waals surface area contributed by atoms with E-state index in [2.05, 4.69) is 24.9 Å². The highest BCUT2D eigenvalue weighted by atomic mass is 35.5. The van der Waals surface area contributed by atoms with Crippen LogP contribution in [-0.4, -0.2) is 10.1 Å². The Balaban J connectivity index is 2.23. The molecule has 3 rings (SSSR count). The van der Waals surface area contributed by atoms with Crippen molar-refractivity contribution >= 4 is 33.4 Å². The highest BCUT2D eigenvalue weighted by molar-refractivity contribution is 6.31. The minimum absolute atomic E-state index is 0.327. The van der Waals surface area contributed by atoms with Crippen molar-refractivity contribution in [2.75, 3.05) is 0 Å². The van der Waals surface area contributed by atoms with Gasteiger partial charge in [0.05, 0.1) is 5.52 Å². The van der Waals surface area contributed by atoms with Crippen molar-refractivity contribution < 1.29 is 5.11 Å². The number of halogens is 1. The van der Waals surface area contributed by atoms with E-state index in [0.717, 1.165) is 38.8 Å². The van der Waals surface area contributed by atoms with E-state index < -0.39 is 0 Å². The summed E-state index contributed by atoms with van der Waals surface area (Å²) >= 11 is 6.08. The number of nitrogens with one attached hydrogen (secondary N) is 1. The zero-order chi connectivity index (χ0) is 14.3. The van der Waals surface area contributed by atoms with Gasteiger partial charge in [0.25, 0.3) is 0 Å². The van der Waals surface area contributed by atoms with Gasteiger partial charge in [-0.3, -0.25) is 0 Å². The van der Waals surface area contributed by atoms with Crippen molar-refractivity contribution in [1.82, 2.24) is 4.98 Å². The second-order valence-corrected chi connectivity index (χ2v) is 5.76. The third kappa shape index (κ3) is 2.27. The normalized spacial score (nSPS) is 11.2. The lowest BCUT2D eigenvalue weighted by Crippen LogP contribution is -1.84. The molecule has 0 fully saturated rings. The van der Waals surface area contributed by atoms with Crippen LogP contribution in [0, 0.1) is 0 Å². The van der Waals surface area contributed by atoms with Crippen LogP contribution in [0.15, 0.2) is 42.0 Å². The number of aromatic nitrogens is 1. The molecule has 0 aliphatic rings. The van der Waals surface area contributed by atoms with Crippen LogP contribution in [-0.2, 0) is 6.42 Å². The van der Waals surface area contributed by atoms with E-state index >= 15 is 0 Å². The maximum Gasteiger partial charge on any atom is 0.121 e. The maximum atomic E-state index is 10.1. The van der Waals surface area contributed by atoms with Gasteiger partial charge in [0.2, 0.25) is 0 Å². The van der Waals surface area contributed by atoms with E-state index in [1.807, 2.05) is 24.3 Å². The molecule has 1 aromatic heterocycles. The molecule has 0 saturated carbocycles. The summed E-state index contributed by atoms with van der Waals surface area (Å²) in [5, 5.41) is 13.0. The number of hydrogen-bond donors (Lipinski definition) is 2. The minimum Gasteiger partial charge on any atom is -0.508 e. The largest absolute Gasteiger partial charge is 0.508 e. The summed E-state index contributed by atoms with van der Waals surface area (Å²) < 4.78 is 0. The maximum absolute atomic E-state index is 10.1. The molecule has 102 valence electrons. The molecule has 0 aliphatic heterocycles. The van der Waals surface area contributed by atoms with Crippen LogP contribution >= 0.6 is 11.6 Å². The Bertz CT molecular complexity index is 826. The zero-order valence-electron chi connectivity index (χ0n) is 11.5. The van der Waals surface area contributed by atoms with Gasteiger partial charge in [-0.15, -0.1) is 0 Å². The number of aromatic amines is 1. The Kier molecular flexibility index (Phi) is 3.19. The van der Waals surface area contributed by atoms with Crippen LogP contribution in [0.5, 0.6) is 5.75 Å². The van der Waals surface area contributed by atoms with E-state index in [1.54, 1.807) is 6.07 Å². The lowest BCUT2D eigenvalue weighted by Gasteiger charge is -2.03. The molecule has 2 aromatic carbocycles. The lowest BCUT2D eigenvalue weighted by molar-refractivity contribution is 0.470. The molecule has 0 amide bonds. The molecule has 0 spiro atoms. The first-order valence-corrected chi connectivity index (χ1v) is 6.98. The highest BCUT2D eigenvalue weighted by Gasteiger charge is 2.09. The summed E-state index contributed by atoms with van der Waals surface area (Å²) in [7, 11) is 0. The molecule has 0 radical (unpaired) electrons. The molecule has 3 heteroatoms. The van der Waals surface area contributed by atoms with Gasteiger partial charge in [0.15, 0.2) is 0 Å². The van der Waals surface area contributed by atoms with Crippen molar-refractivity contribution in [1.29, 1.82) is 0 Å². The van der Waals surface area contributed by atoms with E-state index in [0.29, 0.717) is 5.75 Å². The number of benzene rings is 2. The van der Waals surface area contributed by atoms with Gasteiger partial charge in [-0.1, -0.05) is 23.3 Å². The summed E-state index contributed by atoms with van der Waals surface area (Å²) in [6.07, 6.45) is 2.85. The molecule has 0 aliphatic carbocycles. The summed E-state index contributed by atoms with van der Waals surface area (Å²) in [6.45, 7) is 4.11. The van der Waals surface area contributed by atoms with Crippen LogP contribution in [0.1, 0.15) is 19.4 Å². The Morgan fingerprint density at radius 1 is 1.15 bits per heavy atom. The molecular formula is C17H16ClNO. The third-order valence-corrected chi connectivity index (χ3v) is 3.73. The van der Waals surface area contributed by atoms with Crippen molar-refractivity contribution in [3.8, 4) is 5.75 Å². The van der Waals surface area contributed by atoms with Gasteiger partial charge in [0, 0.05) is 27.4 Å². The smallest absolute Gasteiger partial charge is 0.121 e. The first kappa shape index (κ1) is 13.1. The quantitative estimate of drug-likeness (QED) is 0.625. The Hall–Kier alpha value is -1.93. The topological polar surface area (TPSA) is 36.0 Å². The van der Waals surface area contributed by atoms with Gasteiger partial charge in [0.1, 0.15) is 5.75 Å². The second kappa shape index (κ2) is 4.88. The number of fused-ring (bicyclic) bond motifs is 3. The predicted octanol–water partition coefficient (Wildman–Crippen LogP) is 5.19. The molecule has 2 nitrogen and oxygen atoms in total. The fourth-order valence-corrected chi connectivity index (χ4v) is 2.60. The SMILES string of the molecule is CC(C)=CCc1cc2c(cc1O)[nH]c1ccc(Cl)cc12. The number of phenolic OH excluding ortho intramolecular Hbond substituents is 1. The minimum atomic E-state index is 0.327. The predicted molar refractivity (Wildman–Crippen MR) is 85.6 cm³/mol. The molecule has 0 unspecified atom stereocenters. The number of allylic oxidation sites excluding steroid dienone is 2. The molecule has 1 heterocycles. The molecule has 2 N–H and O–H groups in total. The van der Waals surface area contributed by atoms with E-state index in [4.69, 9.17) is 11.6 Å². The van der Waals surface area contributed by atoms with Crippen LogP contribution in [0.4, 0.5) is 0 Å². The van der Waals surface area contributed by atoms with E-state index in [-0.39, 0.29) is 0 Å². The van der Waals surface area contributed by atoms with E-state index in [1.165, 1.54) is 5.57 Å². The monoisotopic (exact) mass is 285 g/mol. The van der Waals surface area contributed by atoms with Crippen molar-refractivity contribution in [3.63, 3.8) is 0 Å².